The van der Waals surface area contributed by atoms with Gasteiger partial charge in [0.1, 0.15) is 4.88 Å². The minimum Gasteiger partial charge on any atom is -0.465 e. The van der Waals surface area contributed by atoms with E-state index in [1.165, 1.54) is 18.4 Å². The summed E-state index contributed by atoms with van der Waals surface area (Å²) in [4.78, 5) is 12.2. The van der Waals surface area contributed by atoms with Crippen LogP contribution in [0.15, 0.2) is 54.9 Å². The van der Waals surface area contributed by atoms with Crippen LogP contribution in [0.5, 0.6) is 0 Å². The van der Waals surface area contributed by atoms with E-state index in [9.17, 15) is 4.79 Å². The average Bonchev–Trinajstić information content (AvgIpc) is 3.32. The van der Waals surface area contributed by atoms with E-state index < -0.39 is 5.97 Å². The van der Waals surface area contributed by atoms with Gasteiger partial charge in [0.15, 0.2) is 5.11 Å². The van der Waals surface area contributed by atoms with Crippen molar-refractivity contribution in [1.82, 2.24) is 9.78 Å². The van der Waals surface area contributed by atoms with Gasteiger partial charge >= 0.3 is 5.97 Å². The van der Waals surface area contributed by atoms with Gasteiger partial charge < -0.3 is 15.4 Å². The third kappa shape index (κ3) is 4.83. The standard InChI is InChI=1S/C21H16Cl2N4O2S2/c1-29-20(28)19-18(23)15-7-6-13(8-17(15)31-19)25-21(30)26-14-9-24-27(11-14)10-12-4-2-3-5-16(12)22/h2-9,11H,10H2,1H3,(H2,25,26,30). The van der Waals surface area contributed by atoms with Crippen molar-refractivity contribution in [1.29, 1.82) is 0 Å². The van der Waals surface area contributed by atoms with Crippen LogP contribution in [0.3, 0.4) is 0 Å². The molecule has 2 aromatic heterocycles. The Balaban J connectivity index is 1.43. The first-order chi connectivity index (χ1) is 14.9. The minimum absolute atomic E-state index is 0.378. The third-order valence-corrected chi connectivity index (χ3v) is 6.65. The summed E-state index contributed by atoms with van der Waals surface area (Å²) in [5.41, 5.74) is 2.49. The van der Waals surface area contributed by atoms with Crippen LogP contribution in [-0.4, -0.2) is 28.0 Å². The molecule has 4 aromatic rings. The van der Waals surface area contributed by atoms with Crippen molar-refractivity contribution in [3.05, 3.63) is 75.3 Å². The number of thiocarbonyl (C=S) groups is 1. The van der Waals surface area contributed by atoms with E-state index in [1.807, 2.05) is 48.7 Å². The lowest BCUT2D eigenvalue weighted by Gasteiger charge is -2.09. The van der Waals surface area contributed by atoms with Gasteiger partial charge in [0.05, 0.1) is 30.6 Å². The van der Waals surface area contributed by atoms with Gasteiger partial charge in [-0.05, 0) is 42.0 Å². The summed E-state index contributed by atoms with van der Waals surface area (Å²) in [6, 6.07) is 13.2. The van der Waals surface area contributed by atoms with E-state index in [0.717, 1.165) is 27.0 Å². The monoisotopic (exact) mass is 490 g/mol. The Hall–Kier alpha value is -2.65. The zero-order valence-electron chi connectivity index (χ0n) is 16.2. The predicted octanol–water partition coefficient (Wildman–Crippen LogP) is 6.05. The van der Waals surface area contributed by atoms with Gasteiger partial charge in [-0.2, -0.15) is 5.10 Å². The van der Waals surface area contributed by atoms with E-state index in [1.54, 1.807) is 10.9 Å². The number of fused-ring (bicyclic) bond motifs is 1. The summed E-state index contributed by atoms with van der Waals surface area (Å²) in [5, 5.41) is 12.9. The highest BCUT2D eigenvalue weighted by Crippen LogP contribution is 2.37. The summed E-state index contributed by atoms with van der Waals surface area (Å²) in [6.45, 7) is 0.555. The lowest BCUT2D eigenvalue weighted by Crippen LogP contribution is -2.18. The number of anilines is 2. The molecule has 6 nitrogen and oxygen atoms in total. The zero-order chi connectivity index (χ0) is 22.0. The molecule has 0 amide bonds. The second-order valence-electron chi connectivity index (χ2n) is 6.54. The van der Waals surface area contributed by atoms with E-state index >= 15 is 0 Å². The quantitative estimate of drug-likeness (QED) is 0.262. The molecule has 0 spiro atoms. The number of hydrogen-bond donors (Lipinski definition) is 2. The Labute approximate surface area is 197 Å². The van der Waals surface area contributed by atoms with Gasteiger partial charge in [0, 0.05) is 27.0 Å². The number of ether oxygens (including phenoxy) is 1. The molecule has 0 saturated heterocycles. The number of carbonyl (C=O) groups is 1. The molecule has 0 fully saturated rings. The van der Waals surface area contributed by atoms with Crippen molar-refractivity contribution in [2.45, 2.75) is 6.54 Å². The van der Waals surface area contributed by atoms with Crippen molar-refractivity contribution in [2.24, 2.45) is 0 Å². The van der Waals surface area contributed by atoms with E-state index in [-0.39, 0.29) is 0 Å². The number of esters is 1. The van der Waals surface area contributed by atoms with Crippen LogP contribution < -0.4 is 10.6 Å². The Morgan fingerprint density at radius 1 is 1.19 bits per heavy atom. The van der Waals surface area contributed by atoms with Crippen molar-refractivity contribution in [3.63, 3.8) is 0 Å². The smallest absolute Gasteiger partial charge is 0.349 e. The number of methoxy groups -OCH3 is 1. The topological polar surface area (TPSA) is 68.2 Å². The van der Waals surface area contributed by atoms with Crippen LogP contribution in [0.1, 0.15) is 15.2 Å². The average molecular weight is 491 g/mol. The van der Waals surface area contributed by atoms with Gasteiger partial charge in [-0.15, -0.1) is 11.3 Å². The first-order valence-electron chi connectivity index (χ1n) is 9.09. The van der Waals surface area contributed by atoms with Crippen LogP contribution in [0.25, 0.3) is 10.1 Å². The number of aromatic nitrogens is 2. The largest absolute Gasteiger partial charge is 0.465 e. The Morgan fingerprint density at radius 2 is 1.97 bits per heavy atom. The lowest BCUT2D eigenvalue weighted by atomic mass is 10.2. The first-order valence-corrected chi connectivity index (χ1v) is 11.1. The molecule has 10 heteroatoms. The molecule has 0 aliphatic rings. The molecule has 2 N–H and O–H groups in total. The molecular weight excluding hydrogens is 475 g/mol. The normalized spacial score (nSPS) is 10.8. The highest BCUT2D eigenvalue weighted by atomic mass is 35.5. The van der Waals surface area contributed by atoms with Crippen molar-refractivity contribution in [2.75, 3.05) is 17.7 Å². The lowest BCUT2D eigenvalue weighted by molar-refractivity contribution is 0.0606. The fourth-order valence-electron chi connectivity index (χ4n) is 2.98. The van der Waals surface area contributed by atoms with E-state index in [4.69, 9.17) is 40.2 Å². The van der Waals surface area contributed by atoms with Crippen LogP contribution in [-0.2, 0) is 11.3 Å². The molecule has 0 radical (unpaired) electrons. The molecule has 0 bridgehead atoms. The summed E-state index contributed by atoms with van der Waals surface area (Å²) in [6.07, 6.45) is 3.54. The van der Waals surface area contributed by atoms with Crippen LogP contribution in [0, 0.1) is 0 Å². The molecule has 2 heterocycles. The minimum atomic E-state index is -0.452. The molecular formula is C21H16Cl2N4O2S2. The van der Waals surface area contributed by atoms with Gasteiger partial charge in [-0.1, -0.05) is 41.4 Å². The molecule has 158 valence electrons. The van der Waals surface area contributed by atoms with Gasteiger partial charge in [-0.25, -0.2) is 4.79 Å². The van der Waals surface area contributed by atoms with Crippen LogP contribution in [0.4, 0.5) is 11.4 Å². The van der Waals surface area contributed by atoms with Gasteiger partial charge in [-0.3, -0.25) is 4.68 Å². The Morgan fingerprint density at radius 3 is 2.74 bits per heavy atom. The highest BCUT2D eigenvalue weighted by molar-refractivity contribution is 7.80. The predicted molar refractivity (Wildman–Crippen MR) is 131 cm³/mol. The molecule has 0 aliphatic heterocycles. The Kier molecular flexibility index (Phi) is 6.43. The number of thiophene rings is 1. The fourth-order valence-corrected chi connectivity index (χ4v) is 4.87. The molecule has 4 rings (SSSR count). The van der Waals surface area contributed by atoms with E-state index in [0.29, 0.717) is 26.6 Å². The fraction of sp³-hybridized carbons (Fsp3) is 0.0952. The first kappa shape index (κ1) is 21.6. The van der Waals surface area contributed by atoms with Crippen LogP contribution >= 0.6 is 46.8 Å². The summed E-state index contributed by atoms with van der Waals surface area (Å²) in [5.74, 6) is -0.452. The summed E-state index contributed by atoms with van der Waals surface area (Å²) >= 11 is 19.2. The van der Waals surface area contributed by atoms with Gasteiger partial charge in [0.25, 0.3) is 0 Å². The third-order valence-electron chi connectivity index (χ3n) is 4.44. The van der Waals surface area contributed by atoms with Gasteiger partial charge in [0.2, 0.25) is 0 Å². The van der Waals surface area contributed by atoms with Crippen LogP contribution in [0.2, 0.25) is 10.0 Å². The number of rotatable bonds is 5. The molecule has 31 heavy (non-hydrogen) atoms. The van der Waals surface area contributed by atoms with Crippen molar-refractivity contribution >= 4 is 79.3 Å². The second-order valence-corrected chi connectivity index (χ2v) is 8.79. The molecule has 0 atom stereocenters. The number of benzene rings is 2. The molecule has 0 saturated carbocycles. The highest BCUT2D eigenvalue weighted by Gasteiger charge is 2.18. The number of carbonyl (C=O) groups excluding carboxylic acids is 1. The number of hydrogen-bond acceptors (Lipinski definition) is 5. The maximum atomic E-state index is 11.8. The summed E-state index contributed by atoms with van der Waals surface area (Å²) < 4.78 is 7.41. The molecule has 0 unspecified atom stereocenters. The maximum absolute atomic E-state index is 11.8. The van der Waals surface area contributed by atoms with Crippen molar-refractivity contribution in [3.8, 4) is 0 Å². The SMILES string of the molecule is COC(=O)c1sc2cc(NC(=S)Nc3cnn(Cc4ccccc4Cl)c3)ccc2c1Cl. The molecule has 0 aliphatic carbocycles. The maximum Gasteiger partial charge on any atom is 0.349 e. The number of nitrogens with zero attached hydrogens (tertiary/aromatic N) is 2. The summed E-state index contributed by atoms with van der Waals surface area (Å²) in [7, 11) is 1.33. The number of nitrogens with one attached hydrogen (secondary N) is 2. The second kappa shape index (κ2) is 9.23. The van der Waals surface area contributed by atoms with Crippen molar-refractivity contribution < 1.29 is 9.53 Å². The molecule has 2 aromatic carbocycles. The van der Waals surface area contributed by atoms with E-state index in [2.05, 4.69) is 15.7 Å². The zero-order valence-corrected chi connectivity index (χ0v) is 19.3. The Bertz CT molecular complexity index is 1290. The number of halogens is 2.